The Bertz CT molecular complexity index is 1780. The molecule has 0 heterocycles. The molecule has 0 saturated carbocycles. The smallest absolute Gasteiger partial charge is 0.870 e. The summed E-state index contributed by atoms with van der Waals surface area (Å²) in [6.45, 7) is 4.36. The summed E-state index contributed by atoms with van der Waals surface area (Å²) in [4.78, 5) is -0.804. The van der Waals surface area contributed by atoms with Crippen LogP contribution in [0.25, 0.3) is 0 Å². The summed E-state index contributed by atoms with van der Waals surface area (Å²) in [5, 5.41) is 23.0. The van der Waals surface area contributed by atoms with Crippen molar-refractivity contribution in [1.29, 1.82) is 0 Å². The van der Waals surface area contributed by atoms with Crippen molar-refractivity contribution in [3.05, 3.63) is 96.1 Å². The Labute approximate surface area is 345 Å². The molecule has 53 heavy (non-hydrogen) atoms. The normalized spacial score (nSPS) is 11.2. The number of aromatic hydroxyl groups is 1. The minimum atomic E-state index is -4.68. The molecule has 0 aliphatic carbocycles. The van der Waals surface area contributed by atoms with Crippen LogP contribution in [0, 0.1) is 0 Å². The number of hydrogen-bond donors (Lipinski definition) is 2. The average molecular weight is 795 g/mol. The molecule has 0 aliphatic heterocycles. The number of benzene rings is 4. The van der Waals surface area contributed by atoms with Gasteiger partial charge in [0.05, 0.1) is 4.90 Å². The van der Waals surface area contributed by atoms with Crippen molar-refractivity contribution >= 4 is 58.0 Å². The zero-order valence-electron chi connectivity index (χ0n) is 30.7. The molecule has 2 N–H and O–H groups in total. The van der Waals surface area contributed by atoms with Crippen molar-refractivity contribution in [3.63, 3.8) is 0 Å². The van der Waals surface area contributed by atoms with Gasteiger partial charge in [-0.15, -0.1) is 0 Å². The van der Waals surface area contributed by atoms with Gasteiger partial charge >= 0.3 is 37.7 Å². The van der Waals surface area contributed by atoms with Crippen LogP contribution in [0.5, 0.6) is 34.5 Å². The Morgan fingerprint density at radius 2 is 0.962 bits per heavy atom. The molecule has 0 radical (unpaired) electrons. The van der Waals surface area contributed by atoms with Crippen LogP contribution >= 0.6 is 0 Å². The maximum absolute atomic E-state index is 12.5. The Kier molecular flexibility index (Phi) is 20.8. The second-order valence-corrected chi connectivity index (χ2v) is 15.3. The van der Waals surface area contributed by atoms with Gasteiger partial charge in [0.2, 0.25) is 0 Å². The molecule has 0 aromatic heterocycles. The van der Waals surface area contributed by atoms with Crippen molar-refractivity contribution < 1.29 is 45.6 Å². The molecule has 0 atom stereocenters. The van der Waals surface area contributed by atoms with Crippen LogP contribution in [-0.4, -0.2) is 68.8 Å². The van der Waals surface area contributed by atoms with Crippen molar-refractivity contribution in [2.45, 2.75) is 114 Å². The van der Waals surface area contributed by atoms with Gasteiger partial charge in [-0.3, -0.25) is 4.55 Å². The van der Waals surface area contributed by atoms with E-state index in [4.69, 9.17) is 9.47 Å². The molecule has 0 amide bonds. The first kappa shape index (κ1) is 46.3. The molecule has 0 aliphatic rings. The fourth-order valence-corrected chi connectivity index (χ4v) is 6.82. The molecule has 4 aromatic rings. The summed E-state index contributed by atoms with van der Waals surface area (Å²) in [6.07, 6.45) is 15.2. The van der Waals surface area contributed by atoms with Gasteiger partial charge in [0, 0.05) is 0 Å². The van der Waals surface area contributed by atoms with Gasteiger partial charge in [0.15, 0.2) is 11.5 Å². The molecular formula is C40H50CaO10S2. The monoisotopic (exact) mass is 794 g/mol. The van der Waals surface area contributed by atoms with Gasteiger partial charge in [-0.1, -0.05) is 138 Å². The van der Waals surface area contributed by atoms with Crippen LogP contribution in [0.1, 0.15) is 102 Å². The minimum Gasteiger partial charge on any atom is -0.870 e. The van der Waals surface area contributed by atoms with Gasteiger partial charge in [0.1, 0.15) is 32.3 Å². The van der Waals surface area contributed by atoms with Gasteiger partial charge in [-0.2, -0.15) is 8.42 Å². The van der Waals surface area contributed by atoms with Gasteiger partial charge in [0.25, 0.3) is 10.1 Å². The van der Waals surface area contributed by atoms with E-state index in [0.29, 0.717) is 12.0 Å². The first-order valence-corrected chi connectivity index (χ1v) is 20.8. The third kappa shape index (κ3) is 15.8. The molecule has 0 fully saturated rings. The summed E-state index contributed by atoms with van der Waals surface area (Å²) < 4.78 is 77.3. The van der Waals surface area contributed by atoms with E-state index in [2.05, 4.69) is 13.8 Å². The number of phenols is 1. The number of unbranched alkanes of at least 4 members (excludes halogenated alkanes) is 10. The molecule has 0 saturated heterocycles. The summed E-state index contributed by atoms with van der Waals surface area (Å²) in [5.74, 6) is -0.210. The molecule has 10 nitrogen and oxygen atoms in total. The average Bonchev–Trinajstić information content (AvgIpc) is 3.10. The van der Waals surface area contributed by atoms with Crippen LogP contribution in [0.4, 0.5) is 0 Å². The van der Waals surface area contributed by atoms with Gasteiger partial charge in [-0.25, -0.2) is 8.42 Å². The Hall–Kier alpha value is -2.84. The first-order valence-electron chi connectivity index (χ1n) is 17.9. The van der Waals surface area contributed by atoms with Crippen LogP contribution in [0.2, 0.25) is 0 Å². The summed E-state index contributed by atoms with van der Waals surface area (Å²) in [7, 11) is -9.09. The third-order valence-corrected chi connectivity index (χ3v) is 10.2. The predicted molar refractivity (Wildman–Crippen MR) is 205 cm³/mol. The zero-order chi connectivity index (χ0) is 38.0. The van der Waals surface area contributed by atoms with E-state index in [0.717, 1.165) is 44.1 Å². The van der Waals surface area contributed by atoms with Crippen LogP contribution in [0.3, 0.4) is 0 Å². The van der Waals surface area contributed by atoms with E-state index in [9.17, 15) is 36.2 Å². The number of rotatable bonds is 20. The standard InChI is InChI=1S/2C20H26O5S.Ca/c2*1-2-3-4-5-6-7-11-16-12-10-14-18(20(16)21)25-17-13-8-9-15-19(17)26(22,23)24;/h2*8-10,12-15,21H,2-7,11H2,1H3,(H,22,23,24);/q;;+2/p-2. The van der Waals surface area contributed by atoms with E-state index in [1.165, 1.54) is 87.4 Å². The molecule has 4 aromatic carbocycles. The van der Waals surface area contributed by atoms with Crippen molar-refractivity contribution in [2.24, 2.45) is 0 Å². The van der Waals surface area contributed by atoms with E-state index in [-0.39, 0.29) is 77.1 Å². The largest absolute Gasteiger partial charge is 2.00 e. The number of hydrogen-bond acceptors (Lipinski definition) is 9. The molecule has 0 unspecified atom stereocenters. The van der Waals surface area contributed by atoms with E-state index < -0.39 is 25.1 Å². The van der Waals surface area contributed by atoms with Gasteiger partial charge < -0.3 is 24.2 Å². The van der Waals surface area contributed by atoms with Crippen LogP contribution in [0.15, 0.2) is 94.7 Å². The number of phenolic OH excluding ortho intramolecular Hbond substituents is 1. The van der Waals surface area contributed by atoms with Crippen molar-refractivity contribution in [3.8, 4) is 34.5 Å². The molecule has 284 valence electrons. The van der Waals surface area contributed by atoms with Gasteiger partial charge in [-0.05, 0) is 67.6 Å². The topological polar surface area (TPSA) is 173 Å². The fourth-order valence-electron chi connectivity index (χ4n) is 5.61. The van der Waals surface area contributed by atoms with Crippen LogP contribution in [-0.2, 0) is 33.1 Å². The maximum atomic E-state index is 12.5. The predicted octanol–water partition coefficient (Wildman–Crippen LogP) is 9.31. The Balaban J connectivity index is 0.000000360. The number of para-hydroxylation sites is 4. The molecule has 0 spiro atoms. The molecule has 13 heteroatoms. The summed E-state index contributed by atoms with van der Waals surface area (Å²) in [6, 6.07) is 21.4. The van der Waals surface area contributed by atoms with E-state index >= 15 is 0 Å². The second kappa shape index (κ2) is 23.8. The molecule has 4 rings (SSSR count). The number of ether oxygens (including phenoxy) is 2. The SMILES string of the molecule is CCCCCCCCc1cccc(Oc2ccccc2S(=O)(=O)O)c1O.CCCCCCCCc1cccc(Oc2ccccc2S(=O)(=O)[O-])c1[O-].[Ca+2]. The maximum Gasteiger partial charge on any atom is 2.00 e. The Morgan fingerprint density at radius 3 is 1.51 bits per heavy atom. The Morgan fingerprint density at radius 1 is 0.547 bits per heavy atom. The summed E-state index contributed by atoms with van der Waals surface area (Å²) >= 11 is 0. The molecular weight excluding hydrogens is 745 g/mol. The second-order valence-electron chi connectivity index (χ2n) is 12.6. The first-order chi connectivity index (χ1) is 24.9. The van der Waals surface area contributed by atoms with Crippen LogP contribution < -0.4 is 14.6 Å². The fraction of sp³-hybridized carbons (Fsp3) is 0.400. The molecule has 0 bridgehead atoms. The van der Waals surface area contributed by atoms with E-state index in [1.54, 1.807) is 36.4 Å². The number of aryl methyl sites for hydroxylation is 2. The van der Waals surface area contributed by atoms with Crippen molar-refractivity contribution in [1.82, 2.24) is 0 Å². The quantitative estimate of drug-likeness (QED) is 0.0499. The third-order valence-electron chi connectivity index (χ3n) is 8.43. The zero-order valence-corrected chi connectivity index (χ0v) is 34.5. The van der Waals surface area contributed by atoms with Crippen molar-refractivity contribution in [2.75, 3.05) is 0 Å². The van der Waals surface area contributed by atoms with E-state index in [1.807, 2.05) is 6.07 Å². The summed E-state index contributed by atoms with van der Waals surface area (Å²) in [5.41, 5.74) is 1.41. The minimum absolute atomic E-state index is 0.